The summed E-state index contributed by atoms with van der Waals surface area (Å²) in [5, 5.41) is 4.01. The molecule has 0 radical (unpaired) electrons. The van der Waals surface area contributed by atoms with Crippen LogP contribution in [0.1, 0.15) is 42.6 Å². The van der Waals surface area contributed by atoms with Gasteiger partial charge in [-0.2, -0.15) is 5.10 Å². The molecule has 132 valence electrons. The maximum atomic E-state index is 12.0. The Bertz CT molecular complexity index is 710. The molecule has 25 heavy (non-hydrogen) atoms. The van der Waals surface area contributed by atoms with Crippen LogP contribution in [-0.2, 0) is 0 Å². The Kier molecular flexibility index (Phi) is 7.60. The van der Waals surface area contributed by atoms with Crippen molar-refractivity contribution in [3.8, 4) is 0 Å². The first-order valence-electron chi connectivity index (χ1n) is 8.43. The van der Waals surface area contributed by atoms with Gasteiger partial charge in [0.15, 0.2) is 0 Å². The van der Waals surface area contributed by atoms with Crippen LogP contribution in [-0.4, -0.2) is 30.2 Å². The van der Waals surface area contributed by atoms with E-state index in [0.717, 1.165) is 36.0 Å². The van der Waals surface area contributed by atoms with Gasteiger partial charge >= 0.3 is 0 Å². The first kappa shape index (κ1) is 19.1. The molecule has 1 heterocycles. The number of hydrogen-bond acceptors (Lipinski definition) is 4. The third-order valence-corrected chi connectivity index (χ3v) is 4.03. The number of hydrazone groups is 1. The fourth-order valence-corrected chi connectivity index (χ4v) is 2.81. The Morgan fingerprint density at radius 1 is 1.20 bits per heavy atom. The predicted octanol–water partition coefficient (Wildman–Crippen LogP) is 4.23. The largest absolute Gasteiger partial charge is 0.372 e. The van der Waals surface area contributed by atoms with Crippen LogP contribution < -0.4 is 10.3 Å². The number of carbonyl (C=O) groups is 1. The summed E-state index contributed by atoms with van der Waals surface area (Å²) in [6, 6.07) is 9.89. The van der Waals surface area contributed by atoms with Gasteiger partial charge in [-0.05, 0) is 52.5 Å². The number of halogens is 1. The number of rotatable bonds is 8. The lowest BCUT2D eigenvalue weighted by molar-refractivity contribution is 0.0954. The van der Waals surface area contributed by atoms with Crippen molar-refractivity contribution in [3.63, 3.8) is 0 Å². The molecule has 0 spiro atoms. The highest BCUT2D eigenvalue weighted by Gasteiger charge is 2.05. The first-order valence-corrected chi connectivity index (χ1v) is 9.22. The Labute approximate surface area is 157 Å². The molecular weight excluding hydrogens is 380 g/mol. The lowest BCUT2D eigenvalue weighted by Crippen LogP contribution is -2.24. The fraction of sp³-hybridized carbons (Fsp3) is 0.316. The molecule has 1 aromatic carbocycles. The number of hydrogen-bond donors (Lipinski definition) is 1. The number of aromatic nitrogens is 1. The monoisotopic (exact) mass is 402 g/mol. The summed E-state index contributed by atoms with van der Waals surface area (Å²) >= 11 is 3.29. The molecule has 0 bridgehead atoms. The Hall–Kier alpha value is -2.21. The van der Waals surface area contributed by atoms with Gasteiger partial charge < -0.3 is 4.90 Å². The average Bonchev–Trinajstić information content (AvgIpc) is 2.62. The number of benzene rings is 1. The zero-order valence-electron chi connectivity index (χ0n) is 14.6. The van der Waals surface area contributed by atoms with Crippen molar-refractivity contribution in [1.29, 1.82) is 0 Å². The van der Waals surface area contributed by atoms with Crippen molar-refractivity contribution in [2.45, 2.75) is 26.7 Å². The van der Waals surface area contributed by atoms with Crippen LogP contribution >= 0.6 is 15.9 Å². The number of anilines is 1. The van der Waals surface area contributed by atoms with Gasteiger partial charge in [-0.15, -0.1) is 0 Å². The van der Waals surface area contributed by atoms with Gasteiger partial charge in [-0.1, -0.05) is 26.0 Å². The van der Waals surface area contributed by atoms with Crippen molar-refractivity contribution >= 4 is 33.7 Å². The lowest BCUT2D eigenvalue weighted by atomic mass is 10.2. The number of pyridine rings is 1. The molecular formula is C19H23BrN4O. The molecule has 1 N–H and O–H groups in total. The smallest absolute Gasteiger partial charge is 0.272 e. The summed E-state index contributed by atoms with van der Waals surface area (Å²) in [7, 11) is 0. The summed E-state index contributed by atoms with van der Waals surface area (Å²) in [5.41, 5.74) is 5.11. The fourth-order valence-electron chi connectivity index (χ4n) is 2.45. The molecule has 0 aliphatic rings. The number of nitrogens with one attached hydrogen (secondary N) is 1. The van der Waals surface area contributed by atoms with Crippen LogP contribution in [0.15, 0.2) is 52.3 Å². The third-order valence-electron chi connectivity index (χ3n) is 3.59. The van der Waals surface area contributed by atoms with E-state index >= 15 is 0 Å². The van der Waals surface area contributed by atoms with E-state index in [0.29, 0.717) is 5.56 Å². The molecule has 0 fully saturated rings. The van der Waals surface area contributed by atoms with Crippen molar-refractivity contribution < 1.29 is 4.79 Å². The van der Waals surface area contributed by atoms with E-state index in [-0.39, 0.29) is 5.91 Å². The van der Waals surface area contributed by atoms with Crippen molar-refractivity contribution in [1.82, 2.24) is 10.4 Å². The molecule has 0 saturated heterocycles. The molecule has 2 rings (SSSR count). The van der Waals surface area contributed by atoms with Gasteiger partial charge in [-0.25, -0.2) is 5.43 Å². The van der Waals surface area contributed by atoms with E-state index < -0.39 is 0 Å². The van der Waals surface area contributed by atoms with Crippen molar-refractivity contribution in [3.05, 3.63) is 58.3 Å². The molecule has 0 saturated carbocycles. The van der Waals surface area contributed by atoms with Crippen LogP contribution in [0.5, 0.6) is 0 Å². The SMILES string of the molecule is CCCN(CCC)c1ccc(/C=N/NC(=O)c2cncc(Br)c2)cc1. The average molecular weight is 403 g/mol. The van der Waals surface area contributed by atoms with Crippen LogP contribution in [0.4, 0.5) is 5.69 Å². The number of amides is 1. The minimum atomic E-state index is -0.293. The van der Waals surface area contributed by atoms with Crippen molar-refractivity contribution in [2.24, 2.45) is 5.10 Å². The second-order valence-corrected chi connectivity index (χ2v) is 6.59. The van der Waals surface area contributed by atoms with E-state index in [4.69, 9.17) is 0 Å². The molecule has 0 unspecified atom stereocenters. The molecule has 5 nitrogen and oxygen atoms in total. The normalized spacial score (nSPS) is 10.8. The van der Waals surface area contributed by atoms with Gasteiger partial charge in [-0.3, -0.25) is 9.78 Å². The molecule has 0 aliphatic heterocycles. The van der Waals surface area contributed by atoms with Gasteiger partial charge in [0.2, 0.25) is 0 Å². The lowest BCUT2D eigenvalue weighted by Gasteiger charge is -2.23. The summed E-state index contributed by atoms with van der Waals surface area (Å²) in [5.74, 6) is -0.293. The van der Waals surface area contributed by atoms with Crippen LogP contribution in [0, 0.1) is 0 Å². The Morgan fingerprint density at radius 3 is 2.48 bits per heavy atom. The zero-order valence-corrected chi connectivity index (χ0v) is 16.2. The quantitative estimate of drug-likeness (QED) is 0.530. The molecule has 1 aromatic heterocycles. The Morgan fingerprint density at radius 2 is 1.88 bits per heavy atom. The topological polar surface area (TPSA) is 57.6 Å². The maximum absolute atomic E-state index is 12.0. The highest BCUT2D eigenvalue weighted by molar-refractivity contribution is 9.10. The van der Waals surface area contributed by atoms with Gasteiger partial charge in [0.1, 0.15) is 0 Å². The van der Waals surface area contributed by atoms with Crippen LogP contribution in [0.3, 0.4) is 0 Å². The minimum Gasteiger partial charge on any atom is -0.372 e. The second-order valence-electron chi connectivity index (χ2n) is 5.67. The summed E-state index contributed by atoms with van der Waals surface area (Å²) in [6.45, 7) is 6.48. The molecule has 0 aliphatic carbocycles. The van der Waals surface area contributed by atoms with Gasteiger partial charge in [0, 0.05) is 35.6 Å². The summed E-state index contributed by atoms with van der Waals surface area (Å²) < 4.78 is 0.753. The van der Waals surface area contributed by atoms with Crippen LogP contribution in [0.2, 0.25) is 0 Å². The van der Waals surface area contributed by atoms with Crippen molar-refractivity contribution in [2.75, 3.05) is 18.0 Å². The standard InChI is InChI=1S/C19H23BrN4O/c1-3-9-24(10-4-2)18-7-5-15(6-8-18)12-22-23-19(25)16-11-17(20)14-21-13-16/h5-8,11-14H,3-4,9-10H2,1-2H3,(H,23,25)/b22-12+. The number of nitrogens with zero attached hydrogens (tertiary/aromatic N) is 3. The van der Waals surface area contributed by atoms with Crippen LogP contribution in [0.25, 0.3) is 0 Å². The zero-order chi connectivity index (χ0) is 18.1. The predicted molar refractivity (Wildman–Crippen MR) is 106 cm³/mol. The third kappa shape index (κ3) is 5.98. The molecule has 0 atom stereocenters. The summed E-state index contributed by atoms with van der Waals surface area (Å²) in [6.07, 6.45) is 7.01. The Balaban J connectivity index is 1.96. The highest BCUT2D eigenvalue weighted by Crippen LogP contribution is 2.15. The summed E-state index contributed by atoms with van der Waals surface area (Å²) in [4.78, 5) is 18.3. The number of carbonyl (C=O) groups excluding carboxylic acids is 1. The molecule has 6 heteroatoms. The van der Waals surface area contributed by atoms with E-state index in [1.54, 1.807) is 18.5 Å². The van der Waals surface area contributed by atoms with Gasteiger partial charge in [0.05, 0.1) is 11.8 Å². The first-order chi connectivity index (χ1) is 12.1. The molecule has 2 aromatic rings. The molecule has 1 amide bonds. The highest BCUT2D eigenvalue weighted by atomic mass is 79.9. The minimum absolute atomic E-state index is 0.293. The van der Waals surface area contributed by atoms with Gasteiger partial charge in [0.25, 0.3) is 5.91 Å². The van der Waals surface area contributed by atoms with E-state index in [1.807, 2.05) is 12.1 Å². The van der Waals surface area contributed by atoms with E-state index in [2.05, 4.69) is 62.3 Å². The van der Waals surface area contributed by atoms with E-state index in [1.165, 1.54) is 11.9 Å². The maximum Gasteiger partial charge on any atom is 0.272 e. The van der Waals surface area contributed by atoms with E-state index in [9.17, 15) is 4.79 Å². The second kappa shape index (κ2) is 9.93.